The van der Waals surface area contributed by atoms with Gasteiger partial charge in [-0.1, -0.05) is 67.0 Å². The first-order valence-corrected chi connectivity index (χ1v) is 13.2. The van der Waals surface area contributed by atoms with Crippen LogP contribution in [0.1, 0.15) is 44.2 Å². The molecule has 1 heterocycles. The summed E-state index contributed by atoms with van der Waals surface area (Å²) < 4.78 is 28.2. The zero-order chi connectivity index (χ0) is 25.0. The van der Waals surface area contributed by atoms with Crippen LogP contribution in [-0.2, 0) is 31.1 Å². The van der Waals surface area contributed by atoms with Crippen LogP contribution in [0.5, 0.6) is 0 Å². The van der Waals surface area contributed by atoms with Crippen LogP contribution in [0.3, 0.4) is 0 Å². The highest BCUT2D eigenvalue weighted by atomic mass is 32.2. The van der Waals surface area contributed by atoms with E-state index in [1.54, 1.807) is 12.1 Å². The van der Waals surface area contributed by atoms with Gasteiger partial charge in [-0.2, -0.15) is 8.42 Å². The Kier molecular flexibility index (Phi) is 5.51. The summed E-state index contributed by atoms with van der Waals surface area (Å²) in [4.78, 5) is 32.6. The molecule has 8 nitrogen and oxygen atoms in total. The van der Waals surface area contributed by atoms with Crippen molar-refractivity contribution in [2.24, 2.45) is 21.9 Å². The molecule has 5 rings (SSSR count). The van der Waals surface area contributed by atoms with Crippen molar-refractivity contribution in [3.8, 4) is 0 Å². The van der Waals surface area contributed by atoms with Gasteiger partial charge in [0.25, 0.3) is 21.8 Å². The molecule has 2 saturated carbocycles. The van der Waals surface area contributed by atoms with E-state index in [2.05, 4.69) is 5.16 Å². The van der Waals surface area contributed by atoms with Crippen molar-refractivity contribution in [1.29, 1.82) is 0 Å². The number of hydrogen-bond acceptors (Lipinski definition) is 6. The summed E-state index contributed by atoms with van der Waals surface area (Å²) >= 11 is 0. The fourth-order valence-electron chi connectivity index (χ4n) is 6.26. The van der Waals surface area contributed by atoms with Gasteiger partial charge in [0, 0.05) is 0 Å². The van der Waals surface area contributed by atoms with Crippen molar-refractivity contribution in [2.75, 3.05) is 0 Å². The first-order valence-electron chi connectivity index (χ1n) is 11.8. The number of aryl methyl sites for hydroxylation is 1. The highest BCUT2D eigenvalue weighted by Gasteiger charge is 2.76. The van der Waals surface area contributed by atoms with Gasteiger partial charge in [0.15, 0.2) is 0 Å². The second kappa shape index (κ2) is 8.19. The van der Waals surface area contributed by atoms with E-state index in [1.807, 2.05) is 51.1 Å². The average molecular weight is 496 g/mol. The first kappa shape index (κ1) is 23.5. The highest BCUT2D eigenvalue weighted by Crippen LogP contribution is 2.70. The summed E-state index contributed by atoms with van der Waals surface area (Å²) in [6, 6.07) is 15.1. The lowest BCUT2D eigenvalue weighted by atomic mass is 9.68. The smallest absolute Gasteiger partial charge is 0.288 e. The molecule has 35 heavy (non-hydrogen) atoms. The second-order valence-corrected chi connectivity index (χ2v) is 12.0. The number of hydrogen-bond donors (Lipinski definition) is 0. The monoisotopic (exact) mass is 495 g/mol. The second-order valence-electron chi connectivity index (χ2n) is 10.2. The number of hydrazine groups is 1. The van der Waals surface area contributed by atoms with Gasteiger partial charge in [0.2, 0.25) is 0 Å². The third kappa shape index (κ3) is 3.39. The minimum absolute atomic E-state index is 0.0322. The zero-order valence-electron chi connectivity index (χ0n) is 20.0. The third-order valence-electron chi connectivity index (χ3n) is 8.26. The van der Waals surface area contributed by atoms with Crippen molar-refractivity contribution in [1.82, 2.24) is 9.42 Å². The van der Waals surface area contributed by atoms with E-state index in [1.165, 1.54) is 12.1 Å². The van der Waals surface area contributed by atoms with Crippen LogP contribution in [-0.4, -0.2) is 41.9 Å². The third-order valence-corrected chi connectivity index (χ3v) is 9.93. The molecule has 2 aliphatic carbocycles. The number of carbonyl (C=O) groups is 2. The number of oxime groups is 1. The SMILES string of the molecule is Cc1ccc(S(=O)(=O)N2C(=O)[C@]34CC[C@H](C[C@H]3N2C(=O)/C=N/OCc2ccccc2)C4(C)C)cc1. The number of carbonyl (C=O) groups excluding carboxylic acids is 2. The van der Waals surface area contributed by atoms with Gasteiger partial charge in [0.1, 0.15) is 12.8 Å². The predicted octanol–water partition coefficient (Wildman–Crippen LogP) is 3.67. The minimum Gasteiger partial charge on any atom is -0.391 e. The van der Waals surface area contributed by atoms with Crippen LogP contribution in [0.4, 0.5) is 0 Å². The number of amides is 2. The van der Waals surface area contributed by atoms with Crippen LogP contribution in [0, 0.1) is 23.7 Å². The van der Waals surface area contributed by atoms with E-state index >= 15 is 0 Å². The van der Waals surface area contributed by atoms with Crippen molar-refractivity contribution in [3.05, 3.63) is 65.7 Å². The van der Waals surface area contributed by atoms with E-state index in [0.29, 0.717) is 17.3 Å². The quantitative estimate of drug-likeness (QED) is 0.450. The average Bonchev–Trinajstić information content (AvgIpc) is 3.36. The lowest BCUT2D eigenvalue weighted by molar-refractivity contribution is -0.144. The number of fused-ring (bicyclic) bond motifs is 1. The number of nitrogens with zero attached hydrogens (tertiary/aromatic N) is 3. The normalized spacial score (nSPS) is 27.0. The number of benzene rings is 2. The first-order chi connectivity index (χ1) is 16.6. The van der Waals surface area contributed by atoms with Gasteiger partial charge in [-0.15, -0.1) is 4.41 Å². The van der Waals surface area contributed by atoms with E-state index in [9.17, 15) is 18.0 Å². The zero-order valence-corrected chi connectivity index (χ0v) is 20.9. The molecule has 3 aliphatic rings. The lowest BCUT2D eigenvalue weighted by Crippen LogP contribution is -2.50. The molecule has 1 spiro atoms. The van der Waals surface area contributed by atoms with Gasteiger partial charge in [-0.05, 0) is 55.2 Å². The number of sulfonamides is 1. The Hall–Kier alpha value is -3.20. The van der Waals surface area contributed by atoms with Crippen molar-refractivity contribution in [2.45, 2.75) is 57.6 Å². The topological polar surface area (TPSA) is 96.4 Å². The Morgan fingerprint density at radius 2 is 1.83 bits per heavy atom. The molecule has 1 aliphatic heterocycles. The summed E-state index contributed by atoms with van der Waals surface area (Å²) in [5, 5.41) is 4.92. The van der Waals surface area contributed by atoms with Crippen LogP contribution in [0.25, 0.3) is 0 Å². The van der Waals surface area contributed by atoms with Crippen LogP contribution in [0.15, 0.2) is 64.6 Å². The Balaban J connectivity index is 1.49. The summed E-state index contributed by atoms with van der Waals surface area (Å²) in [5.74, 6) is -0.977. The molecule has 0 aromatic heterocycles. The van der Waals surface area contributed by atoms with Crippen molar-refractivity contribution < 1.29 is 22.8 Å². The fourth-order valence-corrected chi connectivity index (χ4v) is 7.75. The molecule has 1 saturated heterocycles. The standard InChI is InChI=1S/C26H29N3O5S/c1-18-9-11-21(12-10-18)35(32,33)29-24(31)26-14-13-20(25(26,2)3)15-22(26)28(29)23(30)16-27-34-17-19-7-5-4-6-8-19/h4-12,16,20,22H,13-15,17H2,1-3H3/b27-16+/t20-,22-,26+/m1/s1. The molecule has 2 aromatic rings. The largest absolute Gasteiger partial charge is 0.391 e. The Morgan fingerprint density at radius 1 is 1.14 bits per heavy atom. The van der Waals surface area contributed by atoms with Gasteiger partial charge >= 0.3 is 0 Å². The molecule has 2 amide bonds. The van der Waals surface area contributed by atoms with Crippen molar-refractivity contribution >= 4 is 28.1 Å². The number of rotatable bonds is 6. The van der Waals surface area contributed by atoms with E-state index in [-0.39, 0.29) is 17.4 Å². The molecule has 3 fully saturated rings. The van der Waals surface area contributed by atoms with Gasteiger partial charge in [0.05, 0.1) is 16.4 Å². The summed E-state index contributed by atoms with van der Waals surface area (Å²) in [6.07, 6.45) is 2.93. The summed E-state index contributed by atoms with van der Waals surface area (Å²) in [7, 11) is -4.31. The molecule has 2 bridgehead atoms. The van der Waals surface area contributed by atoms with E-state index < -0.39 is 38.7 Å². The molecule has 3 atom stereocenters. The molecular weight excluding hydrogens is 466 g/mol. The molecule has 0 N–H and O–H groups in total. The molecular formula is C26H29N3O5S. The van der Waals surface area contributed by atoms with E-state index in [4.69, 9.17) is 4.84 Å². The Labute approximate surface area is 205 Å². The highest BCUT2D eigenvalue weighted by molar-refractivity contribution is 7.89. The molecule has 2 aromatic carbocycles. The van der Waals surface area contributed by atoms with Crippen LogP contribution in [0.2, 0.25) is 0 Å². The predicted molar refractivity (Wildman–Crippen MR) is 129 cm³/mol. The lowest BCUT2D eigenvalue weighted by Gasteiger charge is -2.34. The maximum Gasteiger partial charge on any atom is 0.288 e. The summed E-state index contributed by atoms with van der Waals surface area (Å²) in [6.45, 7) is 6.05. The van der Waals surface area contributed by atoms with E-state index in [0.717, 1.165) is 28.8 Å². The minimum atomic E-state index is -4.31. The molecule has 0 unspecified atom stereocenters. The maximum atomic E-state index is 14.0. The van der Waals surface area contributed by atoms with Crippen LogP contribution >= 0.6 is 0 Å². The maximum absolute atomic E-state index is 14.0. The van der Waals surface area contributed by atoms with Gasteiger partial charge < -0.3 is 4.84 Å². The van der Waals surface area contributed by atoms with Gasteiger partial charge in [-0.25, -0.2) is 5.01 Å². The molecule has 9 heteroatoms. The Morgan fingerprint density at radius 3 is 2.49 bits per heavy atom. The molecule has 184 valence electrons. The van der Waals surface area contributed by atoms with Crippen molar-refractivity contribution in [3.63, 3.8) is 0 Å². The summed E-state index contributed by atoms with van der Waals surface area (Å²) in [5.41, 5.74) is 0.406. The van der Waals surface area contributed by atoms with Gasteiger partial charge in [-0.3, -0.25) is 9.59 Å². The fraction of sp³-hybridized carbons (Fsp3) is 0.423. The Bertz CT molecular complexity index is 1290. The molecule has 0 radical (unpaired) electrons. The van der Waals surface area contributed by atoms with Crippen LogP contribution < -0.4 is 0 Å².